The van der Waals surface area contributed by atoms with Gasteiger partial charge >= 0.3 is 0 Å². The Labute approximate surface area is 75.9 Å². The molecule has 0 saturated carbocycles. The maximum atomic E-state index is 5.05. The minimum atomic E-state index is 0.332. The minimum absolute atomic E-state index is 0.332. The van der Waals surface area contributed by atoms with Gasteiger partial charge in [-0.15, -0.1) is 10.2 Å². The topological polar surface area (TPSA) is 65.0 Å². The second kappa shape index (κ2) is 2.71. The Hall–Kier alpha value is -1.17. The van der Waals surface area contributed by atoms with Gasteiger partial charge in [-0.05, 0) is 6.92 Å². The van der Waals surface area contributed by atoms with Crippen molar-refractivity contribution in [2.24, 2.45) is 0 Å². The Morgan fingerprint density at radius 1 is 1.42 bits per heavy atom. The first-order chi connectivity index (χ1) is 5.75. The molecule has 0 aliphatic rings. The summed E-state index contributed by atoms with van der Waals surface area (Å²) in [6.07, 6.45) is 0. The molecule has 2 rings (SSSR count). The van der Waals surface area contributed by atoms with Crippen molar-refractivity contribution in [3.8, 4) is 11.6 Å². The summed E-state index contributed by atoms with van der Waals surface area (Å²) in [7, 11) is 0. The van der Waals surface area contributed by atoms with Crippen LogP contribution in [0.2, 0.25) is 0 Å². The summed E-state index contributed by atoms with van der Waals surface area (Å²) in [6, 6.07) is 1.72. The minimum Gasteiger partial charge on any atom is -0.409 e. The average molecular weight is 230 g/mol. The normalized spacial score (nSPS) is 10.5. The second-order valence-corrected chi connectivity index (χ2v) is 2.86. The first-order valence-corrected chi connectivity index (χ1v) is 3.98. The molecule has 0 amide bonds. The summed E-state index contributed by atoms with van der Waals surface area (Å²) in [5.74, 6) is 1.05. The standard InChI is InChI=1S/C6H4BrN3O2/c1-3-2-4(10-12-3)5-8-9-6(7)11-5/h2H,1H3. The highest BCUT2D eigenvalue weighted by molar-refractivity contribution is 9.10. The Morgan fingerprint density at radius 3 is 2.75 bits per heavy atom. The number of nitrogens with zero attached hydrogens (tertiary/aromatic N) is 3. The zero-order valence-corrected chi connectivity index (χ0v) is 7.70. The zero-order valence-electron chi connectivity index (χ0n) is 6.11. The van der Waals surface area contributed by atoms with Gasteiger partial charge in [0.2, 0.25) is 0 Å². The smallest absolute Gasteiger partial charge is 0.285 e. The highest BCUT2D eigenvalue weighted by Crippen LogP contribution is 2.18. The Morgan fingerprint density at radius 2 is 2.25 bits per heavy atom. The molecule has 2 aromatic heterocycles. The van der Waals surface area contributed by atoms with E-state index in [1.165, 1.54) is 0 Å². The SMILES string of the molecule is Cc1cc(-c2nnc(Br)o2)no1. The number of rotatable bonds is 1. The molecule has 0 radical (unpaired) electrons. The third-order valence-corrected chi connectivity index (χ3v) is 1.57. The first-order valence-electron chi connectivity index (χ1n) is 3.18. The fourth-order valence-electron chi connectivity index (χ4n) is 0.776. The molecule has 0 spiro atoms. The van der Waals surface area contributed by atoms with Gasteiger partial charge in [0.05, 0.1) is 0 Å². The van der Waals surface area contributed by atoms with Gasteiger partial charge in [-0.1, -0.05) is 5.16 Å². The summed E-state index contributed by atoms with van der Waals surface area (Å²) in [6.45, 7) is 1.79. The van der Waals surface area contributed by atoms with Crippen LogP contribution in [0.25, 0.3) is 11.6 Å². The van der Waals surface area contributed by atoms with E-state index in [2.05, 4.69) is 31.3 Å². The molecule has 5 nitrogen and oxygen atoms in total. The predicted molar refractivity (Wildman–Crippen MR) is 42.2 cm³/mol. The number of aryl methyl sites for hydroxylation is 1. The van der Waals surface area contributed by atoms with Crippen molar-refractivity contribution in [1.29, 1.82) is 0 Å². The third kappa shape index (κ3) is 1.25. The van der Waals surface area contributed by atoms with Crippen molar-refractivity contribution in [3.63, 3.8) is 0 Å². The molecule has 0 fully saturated rings. The molecule has 62 valence electrons. The quantitative estimate of drug-likeness (QED) is 0.747. The fraction of sp³-hybridized carbons (Fsp3) is 0.167. The molecule has 0 bridgehead atoms. The molecule has 2 heterocycles. The van der Waals surface area contributed by atoms with Crippen molar-refractivity contribution in [1.82, 2.24) is 15.4 Å². The molecular weight excluding hydrogens is 226 g/mol. The van der Waals surface area contributed by atoms with Crippen LogP contribution in [0.3, 0.4) is 0 Å². The number of hydrogen-bond donors (Lipinski definition) is 0. The molecule has 6 heteroatoms. The molecule has 0 atom stereocenters. The van der Waals surface area contributed by atoms with Crippen LogP contribution in [0, 0.1) is 6.92 Å². The van der Waals surface area contributed by atoms with Gasteiger partial charge in [-0.3, -0.25) is 0 Å². The van der Waals surface area contributed by atoms with Gasteiger partial charge in [-0.25, -0.2) is 0 Å². The lowest BCUT2D eigenvalue weighted by molar-refractivity contribution is 0.396. The van der Waals surface area contributed by atoms with Gasteiger partial charge in [0.1, 0.15) is 5.76 Å². The van der Waals surface area contributed by atoms with E-state index in [0.29, 0.717) is 22.1 Å². The average Bonchev–Trinajstić information content (AvgIpc) is 2.58. The maximum absolute atomic E-state index is 5.05. The van der Waals surface area contributed by atoms with Crippen LogP contribution in [0.4, 0.5) is 0 Å². The van der Waals surface area contributed by atoms with Gasteiger partial charge in [0.15, 0.2) is 5.69 Å². The van der Waals surface area contributed by atoms with Gasteiger partial charge in [-0.2, -0.15) is 0 Å². The summed E-state index contributed by atoms with van der Waals surface area (Å²) in [5, 5.41) is 11.0. The molecule has 2 aromatic rings. The van der Waals surface area contributed by atoms with Crippen LogP contribution in [-0.2, 0) is 0 Å². The van der Waals surface area contributed by atoms with Crippen LogP contribution in [0.15, 0.2) is 19.8 Å². The highest BCUT2D eigenvalue weighted by Gasteiger charge is 2.10. The van der Waals surface area contributed by atoms with E-state index in [9.17, 15) is 0 Å². The summed E-state index contributed by atoms with van der Waals surface area (Å²) < 4.78 is 9.89. The molecule has 0 N–H and O–H groups in total. The number of aromatic nitrogens is 3. The zero-order chi connectivity index (χ0) is 8.55. The van der Waals surface area contributed by atoms with Crippen molar-refractivity contribution < 1.29 is 8.94 Å². The van der Waals surface area contributed by atoms with Crippen molar-refractivity contribution >= 4 is 15.9 Å². The fourth-order valence-corrected chi connectivity index (χ4v) is 1.01. The van der Waals surface area contributed by atoms with Gasteiger partial charge in [0, 0.05) is 22.0 Å². The lowest BCUT2D eigenvalue weighted by Crippen LogP contribution is -1.75. The molecule has 0 aliphatic carbocycles. The van der Waals surface area contributed by atoms with E-state index in [4.69, 9.17) is 8.94 Å². The van der Waals surface area contributed by atoms with Crippen molar-refractivity contribution in [2.45, 2.75) is 6.92 Å². The predicted octanol–water partition coefficient (Wildman–Crippen LogP) is 1.80. The molecule has 0 unspecified atom stereocenters. The summed E-state index contributed by atoms with van der Waals surface area (Å²) >= 11 is 3.04. The van der Waals surface area contributed by atoms with Gasteiger partial charge in [0.25, 0.3) is 10.7 Å². The molecule has 0 aromatic carbocycles. The highest BCUT2D eigenvalue weighted by atomic mass is 79.9. The van der Waals surface area contributed by atoms with E-state index < -0.39 is 0 Å². The van der Waals surface area contributed by atoms with Crippen molar-refractivity contribution in [3.05, 3.63) is 16.6 Å². The van der Waals surface area contributed by atoms with Crippen LogP contribution >= 0.6 is 15.9 Å². The van der Waals surface area contributed by atoms with E-state index in [-0.39, 0.29) is 0 Å². The first kappa shape index (κ1) is 7.48. The molecular formula is C6H4BrN3O2. The van der Waals surface area contributed by atoms with Gasteiger partial charge < -0.3 is 8.94 Å². The monoisotopic (exact) mass is 229 g/mol. The van der Waals surface area contributed by atoms with Crippen LogP contribution in [-0.4, -0.2) is 15.4 Å². The maximum Gasteiger partial charge on any atom is 0.285 e. The van der Waals surface area contributed by atoms with Crippen LogP contribution in [0.1, 0.15) is 5.76 Å². The van der Waals surface area contributed by atoms with Crippen molar-refractivity contribution in [2.75, 3.05) is 0 Å². The van der Waals surface area contributed by atoms with E-state index in [0.717, 1.165) is 0 Å². The molecule has 12 heavy (non-hydrogen) atoms. The van der Waals surface area contributed by atoms with E-state index >= 15 is 0 Å². The Balaban J connectivity index is 2.43. The molecule has 0 aliphatic heterocycles. The van der Waals surface area contributed by atoms with E-state index in [1.54, 1.807) is 13.0 Å². The lowest BCUT2D eigenvalue weighted by atomic mass is 10.4. The van der Waals surface area contributed by atoms with Crippen LogP contribution < -0.4 is 0 Å². The lowest BCUT2D eigenvalue weighted by Gasteiger charge is -1.79. The number of hydrogen-bond acceptors (Lipinski definition) is 5. The van der Waals surface area contributed by atoms with E-state index in [1.807, 2.05) is 0 Å². The van der Waals surface area contributed by atoms with Crippen LogP contribution in [0.5, 0.6) is 0 Å². The summed E-state index contributed by atoms with van der Waals surface area (Å²) in [4.78, 5) is 0.332. The Kier molecular flexibility index (Phi) is 1.69. The summed E-state index contributed by atoms with van der Waals surface area (Å²) in [5.41, 5.74) is 0.547. The number of halogens is 1. The third-order valence-electron chi connectivity index (χ3n) is 1.25. The molecule has 0 saturated heterocycles. The Bertz CT molecular complexity index is 357. The second-order valence-electron chi connectivity index (χ2n) is 2.18. The largest absolute Gasteiger partial charge is 0.409 e.